The van der Waals surface area contributed by atoms with Gasteiger partial charge < -0.3 is 15.8 Å². The molecule has 0 atom stereocenters. The fourth-order valence-corrected chi connectivity index (χ4v) is 1.61. The van der Waals surface area contributed by atoms with E-state index in [0.717, 1.165) is 5.56 Å². The van der Waals surface area contributed by atoms with Crippen molar-refractivity contribution in [3.05, 3.63) is 53.6 Å². The summed E-state index contributed by atoms with van der Waals surface area (Å²) in [5, 5.41) is 2.62. The molecular formula is C14H14FN3O2. The molecular weight excluding hydrogens is 261 g/mol. The SMILES string of the molecule is COc1cc(NC(=O)c2ccc(CN)cn2)ccc1F. The molecule has 6 heteroatoms. The number of nitrogens with zero attached hydrogens (tertiary/aromatic N) is 1. The van der Waals surface area contributed by atoms with Crippen LogP contribution in [0.4, 0.5) is 10.1 Å². The summed E-state index contributed by atoms with van der Waals surface area (Å²) in [6.45, 7) is 0.365. The summed E-state index contributed by atoms with van der Waals surface area (Å²) in [5.74, 6) is -0.813. The minimum Gasteiger partial charge on any atom is -0.494 e. The number of benzene rings is 1. The number of carbonyl (C=O) groups is 1. The topological polar surface area (TPSA) is 77.2 Å². The molecule has 1 aromatic carbocycles. The predicted octanol–water partition coefficient (Wildman–Crippen LogP) is 1.94. The van der Waals surface area contributed by atoms with Crippen molar-refractivity contribution in [1.29, 1.82) is 0 Å². The molecule has 2 aromatic rings. The van der Waals surface area contributed by atoms with E-state index >= 15 is 0 Å². The second kappa shape index (κ2) is 6.12. The molecule has 0 bridgehead atoms. The lowest BCUT2D eigenvalue weighted by Crippen LogP contribution is -2.14. The highest BCUT2D eigenvalue weighted by molar-refractivity contribution is 6.02. The van der Waals surface area contributed by atoms with Crippen molar-refractivity contribution in [2.45, 2.75) is 6.54 Å². The summed E-state index contributed by atoms with van der Waals surface area (Å²) in [4.78, 5) is 16.0. The van der Waals surface area contributed by atoms with Gasteiger partial charge in [0.05, 0.1) is 7.11 Å². The number of nitrogens with one attached hydrogen (secondary N) is 1. The zero-order chi connectivity index (χ0) is 14.5. The highest BCUT2D eigenvalue weighted by Gasteiger charge is 2.09. The van der Waals surface area contributed by atoms with E-state index in [-0.39, 0.29) is 17.4 Å². The molecule has 0 aliphatic heterocycles. The minimum atomic E-state index is -0.490. The van der Waals surface area contributed by atoms with E-state index in [2.05, 4.69) is 10.3 Å². The van der Waals surface area contributed by atoms with Gasteiger partial charge in [-0.1, -0.05) is 6.07 Å². The first-order chi connectivity index (χ1) is 9.63. The van der Waals surface area contributed by atoms with Crippen molar-refractivity contribution in [3.63, 3.8) is 0 Å². The van der Waals surface area contributed by atoms with Crippen molar-refractivity contribution >= 4 is 11.6 Å². The lowest BCUT2D eigenvalue weighted by Gasteiger charge is -2.07. The molecule has 0 saturated heterocycles. The summed E-state index contributed by atoms with van der Waals surface area (Å²) >= 11 is 0. The number of anilines is 1. The Morgan fingerprint density at radius 3 is 2.80 bits per heavy atom. The number of hydrogen-bond acceptors (Lipinski definition) is 4. The van der Waals surface area contributed by atoms with Gasteiger partial charge in [0.25, 0.3) is 5.91 Å². The number of ether oxygens (including phenoxy) is 1. The Morgan fingerprint density at radius 2 is 2.20 bits per heavy atom. The molecule has 0 aliphatic carbocycles. The van der Waals surface area contributed by atoms with Gasteiger partial charge in [0.2, 0.25) is 0 Å². The molecule has 5 nitrogen and oxygen atoms in total. The van der Waals surface area contributed by atoms with E-state index in [1.165, 1.54) is 25.3 Å². The van der Waals surface area contributed by atoms with E-state index < -0.39 is 5.82 Å². The van der Waals surface area contributed by atoms with Crippen LogP contribution in [0.5, 0.6) is 5.75 Å². The number of nitrogens with two attached hydrogens (primary N) is 1. The fourth-order valence-electron chi connectivity index (χ4n) is 1.61. The molecule has 20 heavy (non-hydrogen) atoms. The molecule has 0 fully saturated rings. The summed E-state index contributed by atoms with van der Waals surface area (Å²) in [6.07, 6.45) is 1.54. The predicted molar refractivity (Wildman–Crippen MR) is 73.0 cm³/mol. The fraction of sp³-hybridized carbons (Fsp3) is 0.143. The van der Waals surface area contributed by atoms with Crippen molar-refractivity contribution in [3.8, 4) is 5.75 Å². The van der Waals surface area contributed by atoms with E-state index in [0.29, 0.717) is 12.2 Å². The van der Waals surface area contributed by atoms with Crippen LogP contribution in [-0.4, -0.2) is 18.0 Å². The monoisotopic (exact) mass is 275 g/mol. The van der Waals surface area contributed by atoms with Crippen LogP contribution in [0.25, 0.3) is 0 Å². The zero-order valence-electron chi connectivity index (χ0n) is 10.9. The smallest absolute Gasteiger partial charge is 0.274 e. The van der Waals surface area contributed by atoms with Gasteiger partial charge in [-0.25, -0.2) is 4.39 Å². The van der Waals surface area contributed by atoms with Crippen LogP contribution < -0.4 is 15.8 Å². The van der Waals surface area contributed by atoms with Crippen LogP contribution >= 0.6 is 0 Å². The number of aromatic nitrogens is 1. The summed E-state index contributed by atoms with van der Waals surface area (Å²) in [6, 6.07) is 7.39. The molecule has 0 spiro atoms. The zero-order valence-corrected chi connectivity index (χ0v) is 10.9. The Bertz CT molecular complexity index is 614. The maximum absolute atomic E-state index is 13.3. The van der Waals surface area contributed by atoms with Crippen molar-refractivity contribution in [2.24, 2.45) is 5.73 Å². The highest BCUT2D eigenvalue weighted by Crippen LogP contribution is 2.21. The maximum atomic E-state index is 13.3. The first-order valence-corrected chi connectivity index (χ1v) is 5.94. The van der Waals surface area contributed by atoms with Gasteiger partial charge in [-0.3, -0.25) is 9.78 Å². The first-order valence-electron chi connectivity index (χ1n) is 5.94. The van der Waals surface area contributed by atoms with Crippen molar-refractivity contribution in [2.75, 3.05) is 12.4 Å². The van der Waals surface area contributed by atoms with Gasteiger partial charge in [-0.2, -0.15) is 0 Å². The maximum Gasteiger partial charge on any atom is 0.274 e. The van der Waals surface area contributed by atoms with E-state index in [1.54, 1.807) is 18.3 Å². The summed E-state index contributed by atoms with van der Waals surface area (Å²) < 4.78 is 18.1. The molecule has 0 radical (unpaired) electrons. The minimum absolute atomic E-state index is 0.0641. The largest absolute Gasteiger partial charge is 0.494 e. The van der Waals surface area contributed by atoms with Crippen LogP contribution in [0.3, 0.4) is 0 Å². The lowest BCUT2D eigenvalue weighted by molar-refractivity contribution is 0.102. The Kier molecular flexibility index (Phi) is 4.27. The van der Waals surface area contributed by atoms with E-state index in [4.69, 9.17) is 10.5 Å². The van der Waals surface area contributed by atoms with Crippen molar-refractivity contribution in [1.82, 2.24) is 4.98 Å². The van der Waals surface area contributed by atoms with Gasteiger partial charge in [0, 0.05) is 24.5 Å². The number of hydrogen-bond donors (Lipinski definition) is 2. The van der Waals surface area contributed by atoms with Gasteiger partial charge in [0.15, 0.2) is 11.6 Å². The number of carbonyl (C=O) groups excluding carboxylic acids is 1. The molecule has 1 heterocycles. The van der Waals surface area contributed by atoms with Gasteiger partial charge in [-0.15, -0.1) is 0 Å². The normalized spacial score (nSPS) is 10.2. The molecule has 0 unspecified atom stereocenters. The molecule has 0 aliphatic rings. The molecule has 1 aromatic heterocycles. The number of halogens is 1. The summed E-state index contributed by atoms with van der Waals surface area (Å²) in [5.41, 5.74) is 6.98. The third kappa shape index (κ3) is 3.10. The summed E-state index contributed by atoms with van der Waals surface area (Å²) in [7, 11) is 1.36. The number of pyridine rings is 1. The quantitative estimate of drug-likeness (QED) is 0.894. The Labute approximate surface area is 115 Å². The molecule has 0 saturated carbocycles. The standard InChI is InChI=1S/C14H14FN3O2/c1-20-13-6-10(3-4-11(13)15)18-14(19)12-5-2-9(7-16)8-17-12/h2-6,8H,7,16H2,1H3,(H,18,19). The molecule has 2 rings (SSSR count). The third-order valence-electron chi connectivity index (χ3n) is 2.70. The highest BCUT2D eigenvalue weighted by atomic mass is 19.1. The Hall–Kier alpha value is -2.47. The Balaban J connectivity index is 2.14. The number of amides is 1. The lowest BCUT2D eigenvalue weighted by atomic mass is 10.2. The molecule has 104 valence electrons. The Morgan fingerprint density at radius 1 is 1.40 bits per heavy atom. The van der Waals surface area contributed by atoms with Crippen LogP contribution in [0, 0.1) is 5.82 Å². The van der Waals surface area contributed by atoms with Gasteiger partial charge in [0.1, 0.15) is 5.69 Å². The van der Waals surface area contributed by atoms with Crippen LogP contribution in [-0.2, 0) is 6.54 Å². The number of methoxy groups -OCH3 is 1. The van der Waals surface area contributed by atoms with Crippen LogP contribution in [0.2, 0.25) is 0 Å². The van der Waals surface area contributed by atoms with Crippen molar-refractivity contribution < 1.29 is 13.9 Å². The van der Waals surface area contributed by atoms with Crippen LogP contribution in [0.1, 0.15) is 16.1 Å². The molecule has 3 N–H and O–H groups in total. The second-order valence-electron chi connectivity index (χ2n) is 4.06. The van der Waals surface area contributed by atoms with Crippen LogP contribution in [0.15, 0.2) is 36.5 Å². The van der Waals surface area contributed by atoms with E-state index in [9.17, 15) is 9.18 Å². The average molecular weight is 275 g/mol. The third-order valence-corrected chi connectivity index (χ3v) is 2.70. The second-order valence-corrected chi connectivity index (χ2v) is 4.06. The van der Waals surface area contributed by atoms with Gasteiger partial charge in [-0.05, 0) is 23.8 Å². The van der Waals surface area contributed by atoms with E-state index in [1.807, 2.05) is 0 Å². The first kappa shape index (κ1) is 14.0. The van der Waals surface area contributed by atoms with Gasteiger partial charge >= 0.3 is 0 Å². The average Bonchev–Trinajstić information content (AvgIpc) is 2.49. The number of rotatable bonds is 4. The molecule has 1 amide bonds.